The molecule has 1 unspecified atom stereocenters. The van der Waals surface area contributed by atoms with Gasteiger partial charge in [-0.25, -0.2) is 0 Å². The van der Waals surface area contributed by atoms with E-state index in [0.29, 0.717) is 5.56 Å². The predicted octanol–water partition coefficient (Wildman–Crippen LogP) is 3.55. The molecule has 0 fully saturated rings. The molecule has 0 aromatic heterocycles. The molecular weight excluding hydrogens is 342 g/mol. The van der Waals surface area contributed by atoms with Gasteiger partial charge in [-0.05, 0) is 12.1 Å². The third-order valence-electron chi connectivity index (χ3n) is 3.57. The van der Waals surface area contributed by atoms with Gasteiger partial charge in [-0.1, -0.05) is 54.1 Å². The van der Waals surface area contributed by atoms with Gasteiger partial charge in [0.15, 0.2) is 0 Å². The Hall–Kier alpha value is -2.50. The molecule has 0 aliphatic rings. The van der Waals surface area contributed by atoms with E-state index < -0.39 is 17.5 Å². The Bertz CT molecular complexity index is 804. The smallest absolute Gasteiger partial charge is 0.322 e. The number of benzene rings is 2. The first-order chi connectivity index (χ1) is 12.0. The molecular formula is C19H18ClNO4. The van der Waals surface area contributed by atoms with Gasteiger partial charge in [0.05, 0.1) is 5.02 Å². The predicted molar refractivity (Wildman–Crippen MR) is 96.2 cm³/mol. The van der Waals surface area contributed by atoms with E-state index in [1.807, 2.05) is 6.07 Å². The fourth-order valence-electron chi connectivity index (χ4n) is 2.52. The second-order valence-electron chi connectivity index (χ2n) is 5.16. The van der Waals surface area contributed by atoms with E-state index in [1.165, 1.54) is 21.1 Å². The summed E-state index contributed by atoms with van der Waals surface area (Å²) < 4.78 is 10.8. The van der Waals surface area contributed by atoms with E-state index in [9.17, 15) is 9.59 Å². The minimum atomic E-state index is -2.03. The van der Waals surface area contributed by atoms with Crippen LogP contribution in [0.15, 0.2) is 59.6 Å². The van der Waals surface area contributed by atoms with Crippen molar-refractivity contribution in [3.05, 3.63) is 70.7 Å². The molecule has 0 saturated heterocycles. The highest BCUT2D eigenvalue weighted by molar-refractivity contribution is 6.36. The van der Waals surface area contributed by atoms with Crippen LogP contribution >= 0.6 is 11.6 Å². The minimum Gasteiger partial charge on any atom is -0.419 e. The molecule has 1 atom stereocenters. The van der Waals surface area contributed by atoms with Crippen molar-refractivity contribution in [1.29, 1.82) is 0 Å². The zero-order valence-corrected chi connectivity index (χ0v) is 14.9. The standard InChI is InChI=1S/C19H18ClNO4/c1-13(22)25-19(24-3,17(21-2)14-9-5-4-6-10-14)18(23)15-11-7-8-12-16(15)20/h4-12H,1-3H3. The van der Waals surface area contributed by atoms with Crippen LogP contribution in [0.4, 0.5) is 0 Å². The fraction of sp³-hybridized carbons (Fsp3) is 0.211. The number of esters is 1. The fourth-order valence-corrected chi connectivity index (χ4v) is 2.74. The van der Waals surface area contributed by atoms with Gasteiger partial charge in [-0.2, -0.15) is 0 Å². The van der Waals surface area contributed by atoms with Gasteiger partial charge in [0.25, 0.3) is 0 Å². The maximum absolute atomic E-state index is 13.3. The summed E-state index contributed by atoms with van der Waals surface area (Å²) in [6.07, 6.45) is 0. The molecule has 0 radical (unpaired) electrons. The molecule has 2 aromatic rings. The number of methoxy groups -OCH3 is 1. The molecule has 0 aliphatic carbocycles. The lowest BCUT2D eigenvalue weighted by molar-refractivity contribution is -0.175. The summed E-state index contributed by atoms with van der Waals surface area (Å²) in [6, 6.07) is 15.4. The number of carbonyl (C=O) groups is 2. The van der Waals surface area contributed by atoms with Gasteiger partial charge in [-0.3, -0.25) is 14.6 Å². The lowest BCUT2D eigenvalue weighted by atomic mass is 9.93. The Balaban J connectivity index is 2.67. The van der Waals surface area contributed by atoms with Crippen molar-refractivity contribution in [2.75, 3.05) is 14.2 Å². The van der Waals surface area contributed by atoms with E-state index in [0.717, 1.165) is 0 Å². The molecule has 0 saturated carbocycles. The lowest BCUT2D eigenvalue weighted by Gasteiger charge is -2.31. The van der Waals surface area contributed by atoms with Crippen LogP contribution in [-0.4, -0.2) is 37.4 Å². The maximum atomic E-state index is 13.3. The molecule has 5 nitrogen and oxygen atoms in total. The molecule has 2 rings (SSSR count). The van der Waals surface area contributed by atoms with Crippen molar-refractivity contribution in [2.45, 2.75) is 12.7 Å². The third-order valence-corrected chi connectivity index (χ3v) is 3.90. The molecule has 0 heterocycles. The first-order valence-electron chi connectivity index (χ1n) is 7.53. The van der Waals surface area contributed by atoms with Gasteiger partial charge >= 0.3 is 11.8 Å². The summed E-state index contributed by atoms with van der Waals surface area (Å²) in [6.45, 7) is 1.20. The van der Waals surface area contributed by atoms with E-state index in [-0.39, 0.29) is 16.3 Å². The van der Waals surface area contributed by atoms with Crippen LogP contribution in [0.5, 0.6) is 0 Å². The van der Waals surface area contributed by atoms with Gasteiger partial charge < -0.3 is 9.47 Å². The lowest BCUT2D eigenvalue weighted by Crippen LogP contribution is -2.52. The normalized spacial score (nSPS) is 13.8. The number of Topliss-reactive ketones (excluding diaryl/α,β-unsaturated/α-hetero) is 1. The van der Waals surface area contributed by atoms with Crippen molar-refractivity contribution >= 4 is 29.1 Å². The summed E-state index contributed by atoms with van der Waals surface area (Å²) in [5.74, 6) is -3.33. The van der Waals surface area contributed by atoms with Crippen molar-refractivity contribution in [2.24, 2.45) is 4.99 Å². The first kappa shape index (κ1) is 18.8. The number of hydrogen-bond donors (Lipinski definition) is 0. The third kappa shape index (κ3) is 3.78. The number of halogens is 1. The largest absolute Gasteiger partial charge is 0.419 e. The van der Waals surface area contributed by atoms with E-state index >= 15 is 0 Å². The van der Waals surface area contributed by atoms with Crippen LogP contribution in [0, 0.1) is 0 Å². The Morgan fingerprint density at radius 3 is 2.16 bits per heavy atom. The highest BCUT2D eigenvalue weighted by Crippen LogP contribution is 2.29. The summed E-state index contributed by atoms with van der Waals surface area (Å²) >= 11 is 6.16. The molecule has 2 aromatic carbocycles. The van der Waals surface area contributed by atoms with Gasteiger partial charge in [-0.15, -0.1) is 0 Å². The van der Waals surface area contributed by atoms with E-state index in [1.54, 1.807) is 48.5 Å². The van der Waals surface area contributed by atoms with Crippen LogP contribution in [0.25, 0.3) is 0 Å². The molecule has 0 aliphatic heterocycles. The zero-order chi connectivity index (χ0) is 18.4. The van der Waals surface area contributed by atoms with Crippen molar-refractivity contribution in [3.63, 3.8) is 0 Å². The average Bonchev–Trinajstić information content (AvgIpc) is 2.61. The van der Waals surface area contributed by atoms with Gasteiger partial charge in [0.1, 0.15) is 5.71 Å². The monoisotopic (exact) mass is 359 g/mol. The van der Waals surface area contributed by atoms with E-state index in [4.69, 9.17) is 21.1 Å². The maximum Gasteiger partial charge on any atom is 0.322 e. The van der Waals surface area contributed by atoms with E-state index in [2.05, 4.69) is 4.99 Å². The van der Waals surface area contributed by atoms with Gasteiger partial charge in [0.2, 0.25) is 5.78 Å². The topological polar surface area (TPSA) is 65.0 Å². The van der Waals surface area contributed by atoms with Crippen LogP contribution in [-0.2, 0) is 14.3 Å². The molecule has 25 heavy (non-hydrogen) atoms. The Labute approximate surface area is 151 Å². The number of rotatable bonds is 6. The molecule has 130 valence electrons. The number of nitrogens with zero attached hydrogens (tertiary/aromatic N) is 1. The molecule has 6 heteroatoms. The molecule has 0 N–H and O–H groups in total. The summed E-state index contributed by atoms with van der Waals surface area (Å²) in [5.41, 5.74) is 0.938. The van der Waals surface area contributed by atoms with Crippen molar-refractivity contribution in [1.82, 2.24) is 0 Å². The summed E-state index contributed by atoms with van der Waals surface area (Å²) in [7, 11) is 2.78. The number of aliphatic imine (C=N–C) groups is 1. The average molecular weight is 360 g/mol. The number of carbonyl (C=O) groups excluding carboxylic acids is 2. The Morgan fingerprint density at radius 2 is 1.64 bits per heavy atom. The summed E-state index contributed by atoms with van der Waals surface area (Å²) in [5, 5.41) is 0.226. The van der Waals surface area contributed by atoms with Crippen LogP contribution in [0.2, 0.25) is 5.02 Å². The second-order valence-corrected chi connectivity index (χ2v) is 5.57. The second kappa shape index (κ2) is 8.05. The Kier molecular flexibility index (Phi) is 6.07. The minimum absolute atomic E-state index is 0.171. The quantitative estimate of drug-likeness (QED) is 0.342. The SMILES string of the molecule is CN=C(c1ccccc1)C(OC)(OC(C)=O)C(=O)c1ccccc1Cl. The Morgan fingerprint density at radius 1 is 1.04 bits per heavy atom. The number of ketones is 1. The van der Waals surface area contributed by atoms with Gasteiger partial charge in [0, 0.05) is 32.2 Å². The first-order valence-corrected chi connectivity index (χ1v) is 7.90. The number of ether oxygens (including phenoxy) is 2. The molecule has 0 spiro atoms. The zero-order valence-electron chi connectivity index (χ0n) is 14.2. The van der Waals surface area contributed by atoms with Crippen LogP contribution in [0.1, 0.15) is 22.8 Å². The van der Waals surface area contributed by atoms with Crippen molar-refractivity contribution in [3.8, 4) is 0 Å². The highest BCUT2D eigenvalue weighted by Gasteiger charge is 2.49. The summed E-state index contributed by atoms with van der Waals surface area (Å²) in [4.78, 5) is 29.2. The molecule has 0 amide bonds. The molecule has 0 bridgehead atoms. The van der Waals surface area contributed by atoms with Crippen LogP contribution < -0.4 is 0 Å². The highest BCUT2D eigenvalue weighted by atomic mass is 35.5. The number of hydrogen-bond acceptors (Lipinski definition) is 5. The van der Waals surface area contributed by atoms with Crippen LogP contribution in [0.3, 0.4) is 0 Å². The van der Waals surface area contributed by atoms with Crippen molar-refractivity contribution < 1.29 is 19.1 Å².